The fraction of sp³-hybridized carbons (Fsp3) is 0. The average Bonchev–Trinajstić information content (AvgIpc) is 2.23. The van der Waals surface area contributed by atoms with E-state index in [1.165, 1.54) is 9.79 Å². The van der Waals surface area contributed by atoms with E-state index >= 15 is 0 Å². The van der Waals surface area contributed by atoms with Crippen molar-refractivity contribution >= 4 is 24.0 Å². The lowest BCUT2D eigenvalue weighted by molar-refractivity contribution is 1.21. The predicted molar refractivity (Wildman–Crippen MR) is 62.2 cm³/mol. The van der Waals surface area contributed by atoms with Crippen molar-refractivity contribution in [3.8, 4) is 0 Å². The summed E-state index contributed by atoms with van der Waals surface area (Å²) in [7, 11) is 0. The molecular weight excluding hydrogens is 210 g/mol. The lowest BCUT2D eigenvalue weighted by atomic mass is 10.4. The van der Waals surface area contributed by atoms with E-state index in [0.717, 1.165) is 4.64 Å². The van der Waals surface area contributed by atoms with E-state index in [-0.39, 0.29) is 0 Å². The van der Waals surface area contributed by atoms with Gasteiger partial charge in [0, 0.05) is 16.0 Å². The summed E-state index contributed by atoms with van der Waals surface area (Å²) in [6.07, 6.45) is 1.93. The number of hydrogen-bond acceptors (Lipinski definition) is 2. The van der Waals surface area contributed by atoms with Gasteiger partial charge in [-0.2, -0.15) is 0 Å². The summed E-state index contributed by atoms with van der Waals surface area (Å²) in [5, 5.41) is 0. The molecule has 0 aliphatic rings. The van der Waals surface area contributed by atoms with Crippen LogP contribution in [0.3, 0.4) is 0 Å². The number of aromatic nitrogens is 1. The summed E-state index contributed by atoms with van der Waals surface area (Å²) < 4.78 is 0.766. The van der Waals surface area contributed by atoms with Crippen molar-refractivity contribution in [2.24, 2.45) is 0 Å². The molecule has 0 aliphatic heterocycles. The van der Waals surface area contributed by atoms with Crippen LogP contribution in [-0.2, 0) is 0 Å². The SMILES string of the molecule is S=c1ccc(Sc2ccccc2)c[nH]1. The Morgan fingerprint density at radius 1 is 0.929 bits per heavy atom. The molecule has 0 atom stereocenters. The molecule has 0 bridgehead atoms. The second-order valence-corrected chi connectivity index (χ2v) is 4.39. The minimum Gasteiger partial charge on any atom is -0.352 e. The molecule has 2 rings (SSSR count). The standard InChI is InChI=1S/C11H9NS2/c13-11-7-6-10(8-12-11)14-9-4-2-1-3-5-9/h1-8H,(H,12,13). The maximum absolute atomic E-state index is 4.97. The highest BCUT2D eigenvalue weighted by Crippen LogP contribution is 2.25. The van der Waals surface area contributed by atoms with Crippen molar-refractivity contribution in [1.29, 1.82) is 0 Å². The zero-order valence-electron chi connectivity index (χ0n) is 7.44. The van der Waals surface area contributed by atoms with Gasteiger partial charge in [-0.1, -0.05) is 42.2 Å². The van der Waals surface area contributed by atoms with Crippen molar-refractivity contribution in [3.63, 3.8) is 0 Å². The van der Waals surface area contributed by atoms with Gasteiger partial charge in [-0.15, -0.1) is 0 Å². The van der Waals surface area contributed by atoms with Crippen LogP contribution in [0.1, 0.15) is 0 Å². The maximum Gasteiger partial charge on any atom is 0.103 e. The van der Waals surface area contributed by atoms with Crippen LogP contribution in [0.2, 0.25) is 0 Å². The largest absolute Gasteiger partial charge is 0.352 e. The van der Waals surface area contributed by atoms with Crippen LogP contribution in [-0.4, -0.2) is 4.98 Å². The van der Waals surface area contributed by atoms with Crippen molar-refractivity contribution in [2.45, 2.75) is 9.79 Å². The van der Waals surface area contributed by atoms with Gasteiger partial charge in [-0.3, -0.25) is 0 Å². The summed E-state index contributed by atoms with van der Waals surface area (Å²) in [5.41, 5.74) is 0. The van der Waals surface area contributed by atoms with E-state index in [1.807, 2.05) is 36.5 Å². The van der Waals surface area contributed by atoms with Crippen LogP contribution in [0.5, 0.6) is 0 Å². The summed E-state index contributed by atoms with van der Waals surface area (Å²) in [6, 6.07) is 14.2. The van der Waals surface area contributed by atoms with Gasteiger partial charge in [0.25, 0.3) is 0 Å². The lowest BCUT2D eigenvalue weighted by Gasteiger charge is -1.99. The highest BCUT2D eigenvalue weighted by Gasteiger charge is 1.94. The van der Waals surface area contributed by atoms with E-state index in [2.05, 4.69) is 17.1 Å². The Bertz CT molecular complexity index is 442. The molecule has 3 heteroatoms. The highest BCUT2D eigenvalue weighted by atomic mass is 32.2. The van der Waals surface area contributed by atoms with Crippen LogP contribution in [0.15, 0.2) is 58.5 Å². The Morgan fingerprint density at radius 2 is 1.71 bits per heavy atom. The van der Waals surface area contributed by atoms with Gasteiger partial charge < -0.3 is 4.98 Å². The summed E-state index contributed by atoms with van der Waals surface area (Å²) in [4.78, 5) is 5.42. The number of benzene rings is 1. The van der Waals surface area contributed by atoms with Gasteiger partial charge in [-0.05, 0) is 24.3 Å². The van der Waals surface area contributed by atoms with Crippen LogP contribution in [0.25, 0.3) is 0 Å². The topological polar surface area (TPSA) is 15.8 Å². The zero-order chi connectivity index (χ0) is 9.80. The highest BCUT2D eigenvalue weighted by molar-refractivity contribution is 7.99. The number of H-pyrrole nitrogens is 1. The first-order chi connectivity index (χ1) is 6.84. The third kappa shape index (κ3) is 2.47. The van der Waals surface area contributed by atoms with Gasteiger partial charge in [-0.25, -0.2) is 0 Å². The normalized spacial score (nSPS) is 10.0. The summed E-state index contributed by atoms with van der Waals surface area (Å²) in [6.45, 7) is 0. The quantitative estimate of drug-likeness (QED) is 0.771. The van der Waals surface area contributed by atoms with Crippen LogP contribution in [0, 0.1) is 4.64 Å². The van der Waals surface area contributed by atoms with Gasteiger partial charge >= 0.3 is 0 Å². The molecule has 70 valence electrons. The second-order valence-electron chi connectivity index (χ2n) is 2.80. The summed E-state index contributed by atoms with van der Waals surface area (Å²) >= 11 is 6.69. The Kier molecular flexibility index (Phi) is 3.01. The average molecular weight is 219 g/mol. The van der Waals surface area contributed by atoms with E-state index < -0.39 is 0 Å². The molecule has 0 saturated heterocycles. The molecule has 0 radical (unpaired) electrons. The smallest absolute Gasteiger partial charge is 0.103 e. The molecule has 1 heterocycles. The van der Waals surface area contributed by atoms with Crippen molar-refractivity contribution in [2.75, 3.05) is 0 Å². The lowest BCUT2D eigenvalue weighted by Crippen LogP contribution is -1.76. The molecule has 1 N–H and O–H groups in total. The monoisotopic (exact) mass is 219 g/mol. The van der Waals surface area contributed by atoms with Crippen LogP contribution in [0.4, 0.5) is 0 Å². The first kappa shape index (κ1) is 9.49. The molecule has 14 heavy (non-hydrogen) atoms. The van der Waals surface area contributed by atoms with Gasteiger partial charge in [0.05, 0.1) is 0 Å². The molecule has 1 aromatic heterocycles. The number of hydrogen-bond donors (Lipinski definition) is 1. The Labute approximate surface area is 92.2 Å². The molecular formula is C11H9NS2. The first-order valence-electron chi connectivity index (χ1n) is 4.26. The molecule has 0 aliphatic carbocycles. The van der Waals surface area contributed by atoms with Crippen molar-refractivity contribution in [1.82, 2.24) is 4.98 Å². The molecule has 0 fully saturated rings. The molecule has 0 amide bonds. The fourth-order valence-electron chi connectivity index (χ4n) is 1.08. The minimum atomic E-state index is 0.766. The van der Waals surface area contributed by atoms with Crippen molar-refractivity contribution in [3.05, 3.63) is 53.3 Å². The molecule has 0 unspecified atom stereocenters. The third-order valence-electron chi connectivity index (χ3n) is 1.73. The maximum atomic E-state index is 4.97. The number of rotatable bonds is 2. The Hall–Kier alpha value is -1.06. The van der Waals surface area contributed by atoms with E-state index in [9.17, 15) is 0 Å². The van der Waals surface area contributed by atoms with E-state index in [4.69, 9.17) is 12.2 Å². The molecule has 2 aromatic rings. The van der Waals surface area contributed by atoms with Gasteiger partial charge in [0.1, 0.15) is 4.64 Å². The van der Waals surface area contributed by atoms with E-state index in [1.54, 1.807) is 11.8 Å². The molecule has 1 aromatic carbocycles. The van der Waals surface area contributed by atoms with Crippen molar-refractivity contribution < 1.29 is 0 Å². The fourth-order valence-corrected chi connectivity index (χ4v) is 2.03. The van der Waals surface area contributed by atoms with E-state index in [0.29, 0.717) is 0 Å². The van der Waals surface area contributed by atoms with Crippen LogP contribution < -0.4 is 0 Å². The van der Waals surface area contributed by atoms with Gasteiger partial charge in [0.2, 0.25) is 0 Å². The number of nitrogens with one attached hydrogen (secondary N) is 1. The zero-order valence-corrected chi connectivity index (χ0v) is 9.07. The number of pyridine rings is 1. The predicted octanol–water partition coefficient (Wildman–Crippen LogP) is 3.90. The molecule has 1 nitrogen and oxygen atoms in total. The second kappa shape index (κ2) is 4.44. The minimum absolute atomic E-state index is 0.766. The number of aromatic amines is 1. The third-order valence-corrected chi connectivity index (χ3v) is 2.99. The first-order valence-corrected chi connectivity index (χ1v) is 5.49. The Balaban J connectivity index is 2.19. The van der Waals surface area contributed by atoms with Crippen LogP contribution >= 0.6 is 24.0 Å². The van der Waals surface area contributed by atoms with Gasteiger partial charge in [0.15, 0.2) is 0 Å². The summed E-state index contributed by atoms with van der Waals surface area (Å²) in [5.74, 6) is 0. The Morgan fingerprint density at radius 3 is 2.36 bits per heavy atom. The molecule has 0 saturated carbocycles. The molecule has 0 spiro atoms.